The van der Waals surface area contributed by atoms with E-state index < -0.39 is 0 Å². The Balaban J connectivity index is 1.22. The van der Waals surface area contributed by atoms with Gasteiger partial charge in [0.25, 0.3) is 0 Å². The Hall–Kier alpha value is -2.96. The molecule has 0 atom stereocenters. The third kappa shape index (κ3) is 3.97. The van der Waals surface area contributed by atoms with Gasteiger partial charge in [0.2, 0.25) is 6.71 Å². The van der Waals surface area contributed by atoms with Crippen molar-refractivity contribution in [2.45, 2.75) is 6.82 Å². The number of benzene rings is 2. The molecular formula is C31H21BS4. The van der Waals surface area contributed by atoms with Gasteiger partial charge in [-0.25, -0.2) is 0 Å². The summed E-state index contributed by atoms with van der Waals surface area (Å²) in [5.41, 5.74) is 8.02. The van der Waals surface area contributed by atoms with Crippen LogP contribution in [-0.2, 0) is 0 Å². The van der Waals surface area contributed by atoms with Crippen LogP contribution in [0.5, 0.6) is 0 Å². The van der Waals surface area contributed by atoms with Gasteiger partial charge in [-0.15, -0.1) is 45.3 Å². The van der Waals surface area contributed by atoms with E-state index in [1.807, 2.05) is 22.7 Å². The fraction of sp³-hybridized carbons (Fsp3) is 0.0323. The van der Waals surface area contributed by atoms with Gasteiger partial charge in [-0.3, -0.25) is 0 Å². The van der Waals surface area contributed by atoms with E-state index in [1.165, 1.54) is 62.4 Å². The molecule has 0 bridgehead atoms. The largest absolute Gasteiger partial charge is 0.207 e. The second-order valence-corrected chi connectivity index (χ2v) is 13.1. The van der Waals surface area contributed by atoms with Gasteiger partial charge in [-0.1, -0.05) is 66.3 Å². The Morgan fingerprint density at radius 3 is 1.42 bits per heavy atom. The van der Waals surface area contributed by atoms with E-state index in [1.54, 1.807) is 22.7 Å². The van der Waals surface area contributed by atoms with Gasteiger partial charge in [0.1, 0.15) is 0 Å². The highest BCUT2D eigenvalue weighted by molar-refractivity contribution is 7.23. The summed E-state index contributed by atoms with van der Waals surface area (Å²) in [4.78, 5) is 8.02. The van der Waals surface area contributed by atoms with Crippen molar-refractivity contribution >= 4 is 75.1 Å². The van der Waals surface area contributed by atoms with Crippen molar-refractivity contribution in [2.75, 3.05) is 0 Å². The third-order valence-corrected chi connectivity index (χ3v) is 11.3. The molecule has 5 heterocycles. The molecule has 6 aromatic rings. The fourth-order valence-electron chi connectivity index (χ4n) is 4.97. The van der Waals surface area contributed by atoms with Crippen molar-refractivity contribution in [3.63, 3.8) is 0 Å². The highest BCUT2D eigenvalue weighted by Crippen LogP contribution is 2.38. The summed E-state index contributed by atoms with van der Waals surface area (Å²) in [6, 6.07) is 31.7. The number of hydrogen-bond acceptors (Lipinski definition) is 4. The van der Waals surface area contributed by atoms with Crippen molar-refractivity contribution in [2.24, 2.45) is 0 Å². The third-order valence-electron chi connectivity index (χ3n) is 6.86. The summed E-state index contributed by atoms with van der Waals surface area (Å²) in [7, 11) is 0. The molecule has 2 aromatic carbocycles. The molecule has 0 amide bonds. The summed E-state index contributed by atoms with van der Waals surface area (Å²) in [6.07, 6.45) is 4.62. The summed E-state index contributed by atoms with van der Waals surface area (Å²) in [5.74, 6) is 0. The Morgan fingerprint density at radius 1 is 0.500 bits per heavy atom. The van der Waals surface area contributed by atoms with Gasteiger partial charge in [-0.05, 0) is 81.5 Å². The first-order valence-electron chi connectivity index (χ1n) is 12.0. The maximum atomic E-state index is 2.37. The van der Waals surface area contributed by atoms with Crippen LogP contribution in [0.4, 0.5) is 0 Å². The maximum Gasteiger partial charge on any atom is 0.207 e. The topological polar surface area (TPSA) is 0 Å². The maximum absolute atomic E-state index is 2.37. The van der Waals surface area contributed by atoms with Crippen molar-refractivity contribution in [3.05, 3.63) is 107 Å². The summed E-state index contributed by atoms with van der Waals surface area (Å²) >= 11 is 7.36. The molecule has 0 unspecified atom stereocenters. The first kappa shape index (κ1) is 22.3. The number of rotatable bonds is 4. The SMILES string of the molecule is CB1c2ccc(-c3ccc(-c4cccs4)s3)cc2C=Cc2cc(-c3ccc(-c4cccs4)s3)ccc21. The second kappa shape index (κ2) is 9.17. The summed E-state index contributed by atoms with van der Waals surface area (Å²) < 4.78 is 0. The highest BCUT2D eigenvalue weighted by atomic mass is 32.1. The lowest BCUT2D eigenvalue weighted by Gasteiger charge is -2.14. The zero-order valence-electron chi connectivity index (χ0n) is 19.6. The smallest absolute Gasteiger partial charge is 0.143 e. The number of fused-ring (bicyclic) bond motifs is 2. The van der Waals surface area contributed by atoms with E-state index in [2.05, 4.69) is 115 Å². The minimum atomic E-state index is 0.350. The van der Waals surface area contributed by atoms with Crippen LogP contribution in [0.2, 0.25) is 6.82 Å². The van der Waals surface area contributed by atoms with Crippen molar-refractivity contribution in [3.8, 4) is 40.4 Å². The average Bonchev–Trinajstić information content (AvgIpc) is 3.72. The van der Waals surface area contributed by atoms with Gasteiger partial charge in [0.05, 0.1) is 0 Å². The molecule has 0 spiro atoms. The molecule has 0 fully saturated rings. The van der Waals surface area contributed by atoms with E-state index >= 15 is 0 Å². The van der Waals surface area contributed by atoms with E-state index in [-0.39, 0.29) is 0 Å². The number of thiophene rings is 4. The summed E-state index contributed by atoms with van der Waals surface area (Å²) in [5, 5.41) is 4.29. The van der Waals surface area contributed by atoms with Crippen LogP contribution < -0.4 is 10.9 Å². The van der Waals surface area contributed by atoms with E-state index in [0.29, 0.717) is 6.71 Å². The molecule has 172 valence electrons. The van der Waals surface area contributed by atoms with Gasteiger partial charge in [-0.2, -0.15) is 0 Å². The molecule has 36 heavy (non-hydrogen) atoms. The molecule has 4 aromatic heterocycles. The average molecular weight is 533 g/mol. The van der Waals surface area contributed by atoms with E-state index in [4.69, 9.17) is 0 Å². The Morgan fingerprint density at radius 2 is 0.972 bits per heavy atom. The Bertz CT molecular complexity index is 1570. The van der Waals surface area contributed by atoms with Gasteiger partial charge in [0, 0.05) is 29.3 Å². The van der Waals surface area contributed by atoms with Gasteiger partial charge in [0.15, 0.2) is 0 Å². The molecule has 0 aliphatic carbocycles. The first-order chi connectivity index (χ1) is 17.7. The predicted octanol–water partition coefficient (Wildman–Crippen LogP) is 9.32. The van der Waals surface area contributed by atoms with Crippen LogP contribution in [0.3, 0.4) is 0 Å². The molecule has 1 aliphatic heterocycles. The summed E-state index contributed by atoms with van der Waals surface area (Å²) in [6.45, 7) is 2.69. The fourth-order valence-corrected chi connectivity index (χ4v) is 8.64. The zero-order chi connectivity index (χ0) is 24.1. The lowest BCUT2D eigenvalue weighted by molar-refractivity contribution is 1.68. The van der Waals surface area contributed by atoms with E-state index in [9.17, 15) is 0 Å². The Kier molecular flexibility index (Phi) is 5.67. The van der Waals surface area contributed by atoms with Crippen molar-refractivity contribution in [1.29, 1.82) is 0 Å². The molecule has 5 heteroatoms. The quantitative estimate of drug-likeness (QED) is 0.199. The molecular weight excluding hydrogens is 511 g/mol. The predicted molar refractivity (Wildman–Crippen MR) is 166 cm³/mol. The molecule has 1 aliphatic rings. The standard InChI is InChI=1S/C31H21BS4/c1-32-24-10-8-22(26-12-14-30(35-26)28-4-2-16-33-28)18-20(24)6-7-21-19-23(9-11-25(21)32)27-13-15-31(36-27)29-5-3-17-34-29/h2-19H,1H3. The van der Waals surface area contributed by atoms with Crippen molar-refractivity contribution < 1.29 is 0 Å². The van der Waals surface area contributed by atoms with Crippen LogP contribution in [0, 0.1) is 0 Å². The van der Waals surface area contributed by atoms with Crippen LogP contribution in [0.25, 0.3) is 52.5 Å². The molecule has 0 nitrogen and oxygen atoms in total. The van der Waals surface area contributed by atoms with Gasteiger partial charge < -0.3 is 0 Å². The lowest BCUT2D eigenvalue weighted by atomic mass is 9.41. The molecule has 0 saturated heterocycles. The normalized spacial score (nSPS) is 12.4. The monoisotopic (exact) mass is 532 g/mol. The minimum Gasteiger partial charge on any atom is -0.143 e. The van der Waals surface area contributed by atoms with Crippen LogP contribution in [0.15, 0.2) is 95.7 Å². The van der Waals surface area contributed by atoms with Crippen LogP contribution >= 0.6 is 45.3 Å². The lowest BCUT2D eigenvalue weighted by Crippen LogP contribution is -2.41. The first-order valence-corrected chi connectivity index (χ1v) is 15.4. The highest BCUT2D eigenvalue weighted by Gasteiger charge is 2.22. The number of hydrogen-bond donors (Lipinski definition) is 0. The second-order valence-electron chi connectivity index (χ2n) is 9.02. The molecule has 0 N–H and O–H groups in total. The van der Waals surface area contributed by atoms with Crippen LogP contribution in [0.1, 0.15) is 11.1 Å². The molecule has 7 rings (SSSR count). The molecule has 0 radical (unpaired) electrons. The van der Waals surface area contributed by atoms with Crippen molar-refractivity contribution in [1.82, 2.24) is 0 Å². The molecule has 0 saturated carbocycles. The Labute approximate surface area is 228 Å². The van der Waals surface area contributed by atoms with Gasteiger partial charge >= 0.3 is 0 Å². The van der Waals surface area contributed by atoms with E-state index in [0.717, 1.165) is 0 Å². The minimum absolute atomic E-state index is 0.350. The van der Waals surface area contributed by atoms with Crippen LogP contribution in [-0.4, -0.2) is 6.71 Å². The zero-order valence-corrected chi connectivity index (χ0v) is 22.9.